The number of carbonyl (C=O) groups is 6. The van der Waals surface area contributed by atoms with Crippen LogP contribution in [0.25, 0.3) is 0 Å². The van der Waals surface area contributed by atoms with Crippen LogP contribution in [0.4, 0.5) is 0 Å². The number of Topliss-reactive ketones (excluding diaryl/α,β-unsaturated/α-hetero) is 1. The van der Waals surface area contributed by atoms with E-state index in [1.165, 1.54) is 18.6 Å². The predicted molar refractivity (Wildman–Crippen MR) is 181 cm³/mol. The Hall–Kier alpha value is -3.90. The van der Waals surface area contributed by atoms with Crippen LogP contribution in [0.1, 0.15) is 115 Å². The summed E-state index contributed by atoms with van der Waals surface area (Å²) < 4.78 is 0. The van der Waals surface area contributed by atoms with Crippen molar-refractivity contribution in [1.82, 2.24) is 36.1 Å². The molecule has 4 N–H and O–H groups in total. The lowest BCUT2D eigenvalue weighted by Gasteiger charge is -2.38. The smallest absolute Gasteiger partial charge is 0.289 e. The van der Waals surface area contributed by atoms with Gasteiger partial charge in [0, 0.05) is 25.0 Å². The van der Waals surface area contributed by atoms with Gasteiger partial charge in [-0.25, -0.2) is 4.98 Å². The lowest BCUT2D eigenvalue weighted by molar-refractivity contribution is -0.146. The first-order valence-corrected chi connectivity index (χ1v) is 18.2. The summed E-state index contributed by atoms with van der Waals surface area (Å²) in [6.45, 7) is 7.85. The maximum Gasteiger partial charge on any atom is 0.289 e. The molecule has 5 rings (SSSR count). The highest BCUT2D eigenvalue weighted by molar-refractivity contribution is 6.38. The van der Waals surface area contributed by atoms with E-state index in [0.717, 1.165) is 64.2 Å². The minimum Gasteiger partial charge on any atom is -0.347 e. The summed E-state index contributed by atoms with van der Waals surface area (Å²) in [6, 6.07) is -3.68. The van der Waals surface area contributed by atoms with Gasteiger partial charge < -0.3 is 26.2 Å². The molecule has 6 atom stereocenters. The van der Waals surface area contributed by atoms with Crippen LogP contribution in [0.2, 0.25) is 0 Å². The molecule has 5 amide bonds. The van der Waals surface area contributed by atoms with Crippen LogP contribution in [0, 0.1) is 23.2 Å². The van der Waals surface area contributed by atoms with Crippen molar-refractivity contribution in [3.05, 3.63) is 24.3 Å². The third kappa shape index (κ3) is 8.83. The van der Waals surface area contributed by atoms with Crippen LogP contribution >= 0.6 is 0 Å². The molecule has 2 unspecified atom stereocenters. The first-order valence-electron chi connectivity index (χ1n) is 18.2. The molecule has 0 bridgehead atoms. The summed E-state index contributed by atoms with van der Waals surface area (Å²) in [5, 5.41) is 11.5. The third-order valence-electron chi connectivity index (χ3n) is 10.7. The van der Waals surface area contributed by atoms with Gasteiger partial charge in [-0.3, -0.25) is 33.8 Å². The number of rotatable bonds is 13. The largest absolute Gasteiger partial charge is 0.347 e. The van der Waals surface area contributed by atoms with E-state index in [1.807, 2.05) is 27.7 Å². The zero-order chi connectivity index (χ0) is 35.3. The van der Waals surface area contributed by atoms with Crippen LogP contribution in [-0.2, 0) is 24.0 Å². The van der Waals surface area contributed by atoms with Crippen molar-refractivity contribution in [3.8, 4) is 0 Å². The van der Waals surface area contributed by atoms with Crippen molar-refractivity contribution in [2.45, 2.75) is 135 Å². The van der Waals surface area contributed by atoms with Crippen LogP contribution in [0.15, 0.2) is 18.6 Å². The molecule has 3 aliphatic carbocycles. The van der Waals surface area contributed by atoms with Gasteiger partial charge in [0.1, 0.15) is 23.8 Å². The van der Waals surface area contributed by atoms with E-state index in [2.05, 4.69) is 31.2 Å². The van der Waals surface area contributed by atoms with Crippen molar-refractivity contribution in [2.75, 3.05) is 6.54 Å². The molecule has 2 heterocycles. The summed E-state index contributed by atoms with van der Waals surface area (Å²) in [7, 11) is 0. The molecule has 0 spiro atoms. The number of ketones is 1. The Morgan fingerprint density at radius 3 is 2.27 bits per heavy atom. The molecule has 4 fully saturated rings. The molecule has 4 aliphatic rings. The molecule has 3 saturated carbocycles. The van der Waals surface area contributed by atoms with Crippen molar-refractivity contribution >= 4 is 35.3 Å². The first kappa shape index (κ1) is 36.4. The minimum atomic E-state index is -0.994. The molecule has 1 aromatic rings. The van der Waals surface area contributed by atoms with Crippen LogP contribution in [-0.4, -0.2) is 86.9 Å². The van der Waals surface area contributed by atoms with Crippen molar-refractivity contribution in [3.63, 3.8) is 0 Å². The van der Waals surface area contributed by atoms with E-state index >= 15 is 0 Å². The standard InChI is InChI=1S/C36H53N7O6/c1-5-10-25(29(44)34(48)39-23-15-16-23)40-33(47)28-24-14-9-13-22(24)20-43(28)35(49)30(36(2,3)4)42-32(46)27(21-11-7-6-8-12-21)41-31(45)26-19-37-17-18-38-26/h17-19,21-25,27-28,30H,5-16,20H2,1-4H3,(H,39,48)(H,40,47)(H,41,45)(H,42,46)/t22?,24?,25-,27+,28-,30+/m0/s1. The van der Waals surface area contributed by atoms with E-state index in [1.54, 1.807) is 4.90 Å². The fourth-order valence-corrected chi connectivity index (χ4v) is 7.87. The van der Waals surface area contributed by atoms with Gasteiger partial charge in [-0.05, 0) is 68.1 Å². The molecule has 13 nitrogen and oxygen atoms in total. The lowest BCUT2D eigenvalue weighted by Crippen LogP contribution is -2.62. The average Bonchev–Trinajstić information content (AvgIpc) is 3.65. The highest BCUT2D eigenvalue weighted by atomic mass is 16.2. The Morgan fingerprint density at radius 2 is 1.63 bits per heavy atom. The second-order valence-corrected chi connectivity index (χ2v) is 15.5. The fraction of sp³-hybridized carbons (Fsp3) is 0.722. The second kappa shape index (κ2) is 15.8. The first-order chi connectivity index (χ1) is 23.4. The van der Waals surface area contributed by atoms with Gasteiger partial charge in [0.25, 0.3) is 11.8 Å². The molecule has 268 valence electrons. The van der Waals surface area contributed by atoms with Gasteiger partial charge in [0.15, 0.2) is 0 Å². The van der Waals surface area contributed by atoms with Crippen LogP contribution < -0.4 is 21.3 Å². The van der Waals surface area contributed by atoms with E-state index < -0.39 is 59.0 Å². The Kier molecular flexibility index (Phi) is 11.7. The number of likely N-dealkylation sites (tertiary alicyclic amines) is 1. The summed E-state index contributed by atoms with van der Waals surface area (Å²) >= 11 is 0. The Morgan fingerprint density at radius 1 is 0.898 bits per heavy atom. The summed E-state index contributed by atoms with van der Waals surface area (Å²) in [5.74, 6) is -3.20. The Balaban J connectivity index is 1.36. The number of hydrogen-bond donors (Lipinski definition) is 4. The Bertz CT molecular complexity index is 1390. The van der Waals surface area contributed by atoms with Crippen molar-refractivity contribution in [2.24, 2.45) is 23.2 Å². The summed E-state index contributed by atoms with van der Waals surface area (Å²) in [6.07, 6.45) is 13.9. The maximum atomic E-state index is 14.6. The number of fused-ring (bicyclic) bond motifs is 1. The van der Waals surface area contributed by atoms with Gasteiger partial charge >= 0.3 is 0 Å². The SMILES string of the molecule is CCC[C@H](NC(=O)[C@@H]1C2CCCC2CN1C(=O)[C@@H](NC(=O)[C@H](NC(=O)c1cnccn1)C1CCCCC1)C(C)(C)C)C(=O)C(=O)NC1CC1. The van der Waals surface area contributed by atoms with E-state index in [0.29, 0.717) is 19.4 Å². The number of amides is 5. The van der Waals surface area contributed by atoms with Crippen molar-refractivity contribution in [1.29, 1.82) is 0 Å². The number of hydrogen-bond acceptors (Lipinski definition) is 8. The second-order valence-electron chi connectivity index (χ2n) is 15.5. The van der Waals surface area contributed by atoms with Gasteiger partial charge in [-0.2, -0.15) is 0 Å². The summed E-state index contributed by atoms with van der Waals surface area (Å²) in [4.78, 5) is 91.4. The normalized spacial score (nSPS) is 24.2. The van der Waals surface area contributed by atoms with Gasteiger partial charge in [-0.15, -0.1) is 0 Å². The molecular weight excluding hydrogens is 626 g/mol. The molecule has 1 aliphatic heterocycles. The molecule has 1 aromatic heterocycles. The third-order valence-corrected chi connectivity index (χ3v) is 10.7. The average molecular weight is 680 g/mol. The lowest BCUT2D eigenvalue weighted by atomic mass is 9.82. The minimum absolute atomic E-state index is 0.0132. The van der Waals surface area contributed by atoms with Gasteiger partial charge in [0.05, 0.1) is 12.2 Å². The van der Waals surface area contributed by atoms with Crippen LogP contribution in [0.3, 0.4) is 0 Å². The van der Waals surface area contributed by atoms with E-state index in [4.69, 9.17) is 0 Å². The number of carbonyl (C=O) groups excluding carboxylic acids is 6. The highest BCUT2D eigenvalue weighted by Crippen LogP contribution is 2.43. The Labute approximate surface area is 288 Å². The molecule has 1 saturated heterocycles. The van der Waals surface area contributed by atoms with E-state index in [-0.39, 0.29) is 35.4 Å². The zero-order valence-electron chi connectivity index (χ0n) is 29.3. The number of nitrogens with zero attached hydrogens (tertiary/aromatic N) is 3. The molecule has 13 heteroatoms. The quantitative estimate of drug-likeness (QED) is 0.230. The fourth-order valence-electron chi connectivity index (χ4n) is 7.87. The zero-order valence-corrected chi connectivity index (χ0v) is 29.3. The van der Waals surface area contributed by atoms with Crippen LogP contribution in [0.5, 0.6) is 0 Å². The molecule has 0 aromatic carbocycles. The van der Waals surface area contributed by atoms with Gasteiger partial charge in [0.2, 0.25) is 23.5 Å². The predicted octanol–water partition coefficient (Wildman–Crippen LogP) is 2.45. The van der Waals surface area contributed by atoms with Gasteiger partial charge in [-0.1, -0.05) is 59.8 Å². The highest BCUT2D eigenvalue weighted by Gasteiger charge is 2.52. The topological polar surface area (TPSA) is 180 Å². The molecular formula is C36H53N7O6. The number of nitrogens with one attached hydrogen (secondary N) is 4. The molecule has 49 heavy (non-hydrogen) atoms. The number of aromatic nitrogens is 2. The molecule has 0 radical (unpaired) electrons. The van der Waals surface area contributed by atoms with Crippen molar-refractivity contribution < 1.29 is 28.8 Å². The maximum absolute atomic E-state index is 14.6. The monoisotopic (exact) mass is 679 g/mol. The summed E-state index contributed by atoms with van der Waals surface area (Å²) in [5.41, 5.74) is -0.638. The van der Waals surface area contributed by atoms with E-state index in [9.17, 15) is 28.8 Å².